The van der Waals surface area contributed by atoms with Crippen LogP contribution in [0.3, 0.4) is 0 Å². The second kappa shape index (κ2) is 4.67. The van der Waals surface area contributed by atoms with Gasteiger partial charge in [-0.3, -0.25) is 4.79 Å². The fraction of sp³-hybridized carbons (Fsp3) is 0. The molecular formula is C13H13N3O2. The zero-order chi connectivity index (χ0) is 13.1. The van der Waals surface area contributed by atoms with Gasteiger partial charge < -0.3 is 21.9 Å². The lowest BCUT2D eigenvalue weighted by molar-refractivity contribution is 0.102. The predicted molar refractivity (Wildman–Crippen MR) is 71.3 cm³/mol. The van der Waals surface area contributed by atoms with Gasteiger partial charge in [-0.1, -0.05) is 0 Å². The Labute approximate surface area is 104 Å². The number of rotatable bonds is 2. The van der Waals surface area contributed by atoms with Crippen LogP contribution in [-0.4, -0.2) is 11.0 Å². The van der Waals surface area contributed by atoms with Gasteiger partial charge in [0.05, 0.1) is 5.56 Å². The standard InChI is InChI=1S/C13H13N3O2/c14-8-1-4-10(5-2-8)16-13(18)11-6-3-9(15)7-12(11)17/h1-7,17H,14-15H2,(H,16,18). The maximum absolute atomic E-state index is 11.9. The minimum Gasteiger partial charge on any atom is -0.507 e. The van der Waals surface area contributed by atoms with Gasteiger partial charge in [-0.2, -0.15) is 0 Å². The van der Waals surface area contributed by atoms with Crippen LogP contribution in [0.4, 0.5) is 17.1 Å². The average molecular weight is 243 g/mol. The van der Waals surface area contributed by atoms with Gasteiger partial charge in [-0.15, -0.1) is 0 Å². The monoisotopic (exact) mass is 243 g/mol. The molecule has 1 amide bonds. The molecule has 0 radical (unpaired) electrons. The number of carbonyl (C=O) groups excluding carboxylic acids is 1. The number of carbonyl (C=O) groups is 1. The van der Waals surface area contributed by atoms with Crippen LogP contribution in [0.15, 0.2) is 42.5 Å². The number of anilines is 3. The van der Waals surface area contributed by atoms with Crippen molar-refractivity contribution in [1.82, 2.24) is 0 Å². The second-order valence-electron chi connectivity index (χ2n) is 3.85. The van der Waals surface area contributed by atoms with Gasteiger partial charge in [-0.05, 0) is 36.4 Å². The normalized spacial score (nSPS) is 10.0. The molecule has 0 aliphatic heterocycles. The quantitative estimate of drug-likeness (QED) is 0.604. The summed E-state index contributed by atoms with van der Waals surface area (Å²) in [6, 6.07) is 11.1. The Morgan fingerprint density at radius 3 is 2.22 bits per heavy atom. The Kier molecular flexibility index (Phi) is 3.05. The molecule has 18 heavy (non-hydrogen) atoms. The number of hydrogen-bond donors (Lipinski definition) is 4. The number of phenols is 1. The van der Waals surface area contributed by atoms with Crippen LogP contribution in [0.25, 0.3) is 0 Å². The third-order valence-corrected chi connectivity index (χ3v) is 2.43. The third-order valence-electron chi connectivity index (χ3n) is 2.43. The van der Waals surface area contributed by atoms with E-state index in [2.05, 4.69) is 5.32 Å². The average Bonchev–Trinajstić information content (AvgIpc) is 2.32. The van der Waals surface area contributed by atoms with E-state index >= 15 is 0 Å². The van der Waals surface area contributed by atoms with Gasteiger partial charge in [0.1, 0.15) is 5.75 Å². The van der Waals surface area contributed by atoms with Crippen molar-refractivity contribution in [3.8, 4) is 5.75 Å². The highest BCUT2D eigenvalue weighted by Gasteiger charge is 2.11. The lowest BCUT2D eigenvalue weighted by atomic mass is 10.1. The minimum atomic E-state index is -0.405. The summed E-state index contributed by atoms with van der Waals surface area (Å²) in [6.45, 7) is 0. The lowest BCUT2D eigenvalue weighted by Crippen LogP contribution is -2.12. The maximum atomic E-state index is 11.9. The molecule has 0 heterocycles. The van der Waals surface area contributed by atoms with E-state index in [0.29, 0.717) is 17.1 Å². The van der Waals surface area contributed by atoms with Crippen molar-refractivity contribution in [1.29, 1.82) is 0 Å². The molecule has 5 nitrogen and oxygen atoms in total. The molecule has 0 aliphatic rings. The largest absolute Gasteiger partial charge is 0.507 e. The van der Waals surface area contributed by atoms with Crippen molar-refractivity contribution >= 4 is 23.0 Å². The zero-order valence-electron chi connectivity index (χ0n) is 9.55. The highest BCUT2D eigenvalue weighted by Crippen LogP contribution is 2.21. The Morgan fingerprint density at radius 1 is 1.00 bits per heavy atom. The number of phenolic OH excluding ortho intramolecular Hbond substituents is 1. The number of nitrogens with two attached hydrogens (primary N) is 2. The van der Waals surface area contributed by atoms with Crippen molar-refractivity contribution in [2.75, 3.05) is 16.8 Å². The highest BCUT2D eigenvalue weighted by atomic mass is 16.3. The summed E-state index contributed by atoms with van der Waals surface area (Å²) in [4.78, 5) is 11.9. The van der Waals surface area contributed by atoms with E-state index in [1.54, 1.807) is 30.3 Å². The first kappa shape index (κ1) is 11.8. The van der Waals surface area contributed by atoms with E-state index in [0.717, 1.165) is 0 Å². The summed E-state index contributed by atoms with van der Waals surface area (Å²) in [6.07, 6.45) is 0. The first-order valence-corrected chi connectivity index (χ1v) is 5.31. The molecule has 6 N–H and O–H groups in total. The van der Waals surface area contributed by atoms with E-state index in [-0.39, 0.29) is 11.3 Å². The van der Waals surface area contributed by atoms with Crippen molar-refractivity contribution in [2.45, 2.75) is 0 Å². The first-order chi connectivity index (χ1) is 8.56. The van der Waals surface area contributed by atoms with E-state index in [1.807, 2.05) is 0 Å². The van der Waals surface area contributed by atoms with Gasteiger partial charge in [0.2, 0.25) is 0 Å². The smallest absolute Gasteiger partial charge is 0.259 e. The molecule has 2 rings (SSSR count). The number of hydrogen-bond acceptors (Lipinski definition) is 4. The molecule has 0 saturated heterocycles. The molecular weight excluding hydrogens is 230 g/mol. The first-order valence-electron chi connectivity index (χ1n) is 5.31. The summed E-state index contributed by atoms with van der Waals surface area (Å²) in [5.41, 5.74) is 12.8. The molecule has 92 valence electrons. The van der Waals surface area contributed by atoms with Crippen LogP contribution in [0.1, 0.15) is 10.4 Å². The van der Waals surface area contributed by atoms with Crippen LogP contribution in [-0.2, 0) is 0 Å². The van der Waals surface area contributed by atoms with E-state index < -0.39 is 5.91 Å². The SMILES string of the molecule is Nc1ccc(NC(=O)c2ccc(N)cc2O)cc1. The van der Waals surface area contributed by atoms with Gasteiger partial charge >= 0.3 is 0 Å². The summed E-state index contributed by atoms with van der Waals surface area (Å²) < 4.78 is 0. The van der Waals surface area contributed by atoms with Gasteiger partial charge in [-0.25, -0.2) is 0 Å². The Morgan fingerprint density at radius 2 is 1.61 bits per heavy atom. The number of aromatic hydroxyl groups is 1. The topological polar surface area (TPSA) is 101 Å². The Bertz CT molecular complexity index is 579. The fourth-order valence-electron chi connectivity index (χ4n) is 1.51. The number of nitrogen functional groups attached to an aromatic ring is 2. The van der Waals surface area contributed by atoms with E-state index in [1.165, 1.54) is 12.1 Å². The molecule has 0 atom stereocenters. The summed E-state index contributed by atoms with van der Waals surface area (Å²) >= 11 is 0. The van der Waals surface area contributed by atoms with Crippen molar-refractivity contribution < 1.29 is 9.90 Å². The second-order valence-corrected chi connectivity index (χ2v) is 3.85. The number of amides is 1. The van der Waals surface area contributed by atoms with Crippen molar-refractivity contribution in [3.63, 3.8) is 0 Å². The van der Waals surface area contributed by atoms with Crippen LogP contribution >= 0.6 is 0 Å². The van der Waals surface area contributed by atoms with Crippen LogP contribution in [0.5, 0.6) is 5.75 Å². The van der Waals surface area contributed by atoms with Crippen LogP contribution < -0.4 is 16.8 Å². The van der Waals surface area contributed by atoms with E-state index in [4.69, 9.17) is 11.5 Å². The van der Waals surface area contributed by atoms with Gasteiger partial charge in [0.15, 0.2) is 0 Å². The third kappa shape index (κ3) is 2.52. The summed E-state index contributed by atoms with van der Waals surface area (Å²) in [5, 5.41) is 12.3. The minimum absolute atomic E-state index is 0.150. The molecule has 5 heteroatoms. The summed E-state index contributed by atoms with van der Waals surface area (Å²) in [7, 11) is 0. The Balaban J connectivity index is 2.19. The molecule has 0 saturated carbocycles. The number of benzene rings is 2. The highest BCUT2D eigenvalue weighted by molar-refractivity contribution is 6.06. The molecule has 0 fully saturated rings. The summed E-state index contributed by atoms with van der Waals surface area (Å²) in [5.74, 6) is -0.555. The van der Waals surface area contributed by atoms with Gasteiger partial charge in [0.25, 0.3) is 5.91 Å². The fourth-order valence-corrected chi connectivity index (χ4v) is 1.51. The molecule has 0 unspecified atom stereocenters. The zero-order valence-corrected chi connectivity index (χ0v) is 9.55. The molecule has 0 aliphatic carbocycles. The molecule has 0 bridgehead atoms. The van der Waals surface area contributed by atoms with Crippen molar-refractivity contribution in [3.05, 3.63) is 48.0 Å². The van der Waals surface area contributed by atoms with Gasteiger partial charge in [0, 0.05) is 23.1 Å². The number of nitrogens with one attached hydrogen (secondary N) is 1. The van der Waals surface area contributed by atoms with Crippen LogP contribution in [0.2, 0.25) is 0 Å². The maximum Gasteiger partial charge on any atom is 0.259 e. The lowest BCUT2D eigenvalue weighted by Gasteiger charge is -2.07. The molecule has 0 aromatic heterocycles. The van der Waals surface area contributed by atoms with Crippen molar-refractivity contribution in [2.24, 2.45) is 0 Å². The Hall–Kier alpha value is -2.69. The van der Waals surface area contributed by atoms with Crippen LogP contribution in [0, 0.1) is 0 Å². The predicted octanol–water partition coefficient (Wildman–Crippen LogP) is 1.81. The van der Waals surface area contributed by atoms with E-state index in [9.17, 15) is 9.90 Å². The molecule has 2 aromatic rings. The molecule has 2 aromatic carbocycles. The molecule has 0 spiro atoms.